The van der Waals surface area contributed by atoms with Gasteiger partial charge >= 0.3 is 0 Å². The van der Waals surface area contributed by atoms with Gasteiger partial charge < -0.3 is 0 Å². The fourth-order valence-electron chi connectivity index (χ4n) is 8.95. The van der Waals surface area contributed by atoms with Crippen LogP contribution in [0.3, 0.4) is 0 Å². The van der Waals surface area contributed by atoms with Gasteiger partial charge in [0.05, 0.1) is 30.6 Å². The lowest BCUT2D eigenvalue weighted by atomic mass is 9.76. The van der Waals surface area contributed by atoms with Crippen molar-refractivity contribution in [3.8, 4) is 42.3 Å². The Hall–Kier alpha value is -5.98. The summed E-state index contributed by atoms with van der Waals surface area (Å²) in [5.74, 6) is 0. The van der Waals surface area contributed by atoms with Gasteiger partial charge in [-0.15, -0.1) is 45.3 Å². The molecule has 0 fully saturated rings. The summed E-state index contributed by atoms with van der Waals surface area (Å²) >= 11 is 9.17. The average Bonchev–Trinajstić information content (AvgIpc) is 4.22. The second kappa shape index (κ2) is 15.9. The van der Waals surface area contributed by atoms with Crippen LogP contribution in [0.4, 0.5) is 0 Å². The van der Waals surface area contributed by atoms with Crippen molar-refractivity contribution in [1.29, 1.82) is 0 Å². The number of thioether (sulfide) groups is 2. The molecule has 4 aromatic heterocycles. The molecule has 0 saturated heterocycles. The first-order valence-electron chi connectivity index (χ1n) is 20.6. The lowest BCUT2D eigenvalue weighted by molar-refractivity contribution is -0.107. The normalized spacial score (nSPS) is 18.6. The first-order chi connectivity index (χ1) is 31.5. The summed E-state index contributed by atoms with van der Waals surface area (Å²) in [6.07, 6.45) is 4.37. The summed E-state index contributed by atoms with van der Waals surface area (Å²) in [4.78, 5) is 42.9. The van der Waals surface area contributed by atoms with Gasteiger partial charge in [-0.25, -0.2) is 9.97 Å². The molecule has 10 aromatic rings. The highest BCUT2D eigenvalue weighted by molar-refractivity contribution is 8.19. The number of benzene rings is 6. The van der Waals surface area contributed by atoms with Crippen LogP contribution in [0.15, 0.2) is 193 Å². The van der Waals surface area contributed by atoms with Crippen molar-refractivity contribution in [3.63, 3.8) is 0 Å². The number of thiophene rings is 2. The molecule has 0 amide bonds. The Bertz CT molecular complexity index is 3260. The zero-order valence-electron chi connectivity index (χ0n) is 33.6. The second-order valence-corrected chi connectivity index (χ2v) is 21.8. The number of hydrogen-bond acceptors (Lipinski definition) is 10. The smallest absolute Gasteiger partial charge is 0.221 e. The molecule has 0 bridgehead atoms. The van der Waals surface area contributed by atoms with Crippen LogP contribution >= 0.6 is 68.9 Å². The fourth-order valence-corrected chi connectivity index (χ4v) is 16.0. The summed E-state index contributed by atoms with van der Waals surface area (Å²) in [5, 5.41) is 7.98. The maximum atomic E-state index is 15.3. The first kappa shape index (κ1) is 39.6. The molecule has 0 spiro atoms. The number of carbonyl (C=O) groups is 2. The molecule has 6 aromatic carbocycles. The van der Waals surface area contributed by atoms with Crippen LogP contribution in [-0.4, -0.2) is 20.2 Å². The van der Waals surface area contributed by atoms with E-state index in [1.54, 1.807) is 45.3 Å². The average molecular weight is 933 g/mol. The predicted octanol–water partition coefficient (Wildman–Crippen LogP) is 15.5. The molecular weight excluding hydrogens is 901 g/mol. The molecule has 0 unspecified atom stereocenters. The van der Waals surface area contributed by atoms with Crippen LogP contribution < -0.4 is 0 Å². The summed E-state index contributed by atoms with van der Waals surface area (Å²) in [7, 11) is 0. The molecule has 0 aliphatic carbocycles. The van der Waals surface area contributed by atoms with Gasteiger partial charge in [0, 0.05) is 64.3 Å². The van der Waals surface area contributed by atoms with Crippen LogP contribution in [0.25, 0.3) is 73.6 Å². The van der Waals surface area contributed by atoms with E-state index in [1.165, 1.54) is 23.5 Å². The minimum Gasteiger partial charge on any atom is -0.282 e. The van der Waals surface area contributed by atoms with Crippen molar-refractivity contribution in [2.24, 2.45) is 0 Å². The minimum atomic E-state index is -1.05. The Balaban J connectivity index is 1.10. The molecule has 0 saturated carbocycles. The van der Waals surface area contributed by atoms with E-state index in [-0.39, 0.29) is 10.2 Å². The Kier molecular flexibility index (Phi) is 9.85. The topological polar surface area (TPSA) is 59.9 Å². The van der Waals surface area contributed by atoms with E-state index >= 15 is 9.59 Å². The Morgan fingerprint density at radius 3 is 1.17 bits per heavy atom. The number of hydrogen-bond donors (Lipinski definition) is 0. The number of fused-ring (bicyclic) bond motifs is 2. The van der Waals surface area contributed by atoms with Crippen molar-refractivity contribution in [2.75, 3.05) is 0 Å². The zero-order chi connectivity index (χ0) is 42.8. The second-order valence-electron chi connectivity index (χ2n) is 15.5. The van der Waals surface area contributed by atoms with Crippen molar-refractivity contribution >= 4 is 110 Å². The number of nitrogens with zero attached hydrogens (tertiary/aromatic N) is 2. The van der Waals surface area contributed by atoms with E-state index in [0.29, 0.717) is 11.1 Å². The van der Waals surface area contributed by atoms with E-state index in [9.17, 15) is 0 Å². The summed E-state index contributed by atoms with van der Waals surface area (Å²) in [5.41, 5.74) is 8.68. The molecule has 10 heteroatoms. The number of aromatic nitrogens is 2. The Labute approximate surface area is 393 Å². The lowest BCUT2D eigenvalue weighted by Gasteiger charge is -2.42. The Morgan fingerprint density at radius 2 is 0.766 bits per heavy atom. The SMILES string of the molecule is O=C1S[C@](c2ccccc2)([C@]2(c3ccccc3)C=C(c3c(-c4csc(-c5ccccc5)n4)sc4ccccc34)C(=O)S2)C=C1c1c(-c2csc(-c3ccccc3)n2)sc2ccccc12. The van der Waals surface area contributed by atoms with Gasteiger partial charge in [-0.05, 0) is 35.4 Å². The van der Waals surface area contributed by atoms with Crippen LogP contribution in [-0.2, 0) is 19.1 Å². The molecule has 306 valence electrons. The van der Waals surface area contributed by atoms with Gasteiger partial charge in [0.2, 0.25) is 10.2 Å². The quantitative estimate of drug-likeness (QED) is 0.144. The molecule has 2 aliphatic heterocycles. The van der Waals surface area contributed by atoms with E-state index in [1.807, 2.05) is 97.1 Å². The van der Waals surface area contributed by atoms with E-state index in [4.69, 9.17) is 9.97 Å². The maximum Gasteiger partial charge on any atom is 0.221 e. The lowest BCUT2D eigenvalue weighted by Crippen LogP contribution is -2.40. The van der Waals surface area contributed by atoms with Gasteiger partial charge in [0.1, 0.15) is 10.0 Å². The van der Waals surface area contributed by atoms with Crippen LogP contribution in [0.2, 0.25) is 0 Å². The molecule has 6 heterocycles. The van der Waals surface area contributed by atoms with E-state index in [2.05, 4.69) is 95.7 Å². The minimum absolute atomic E-state index is 0.0463. The molecule has 12 rings (SSSR count). The largest absolute Gasteiger partial charge is 0.282 e. The van der Waals surface area contributed by atoms with Crippen molar-refractivity contribution in [1.82, 2.24) is 9.97 Å². The summed E-state index contributed by atoms with van der Waals surface area (Å²) in [6.45, 7) is 0. The van der Waals surface area contributed by atoms with E-state index in [0.717, 1.165) is 84.7 Å². The first-order valence-corrected chi connectivity index (χ1v) is 25.6. The monoisotopic (exact) mass is 932 g/mol. The van der Waals surface area contributed by atoms with Gasteiger partial charge in [-0.1, -0.05) is 181 Å². The number of rotatable bonds is 9. The molecule has 2 aliphatic rings. The molecular formula is C54H32N2O2S6. The molecule has 64 heavy (non-hydrogen) atoms. The third-order valence-electron chi connectivity index (χ3n) is 11.8. The Morgan fingerprint density at radius 1 is 0.406 bits per heavy atom. The van der Waals surface area contributed by atoms with Crippen molar-refractivity contribution in [3.05, 3.63) is 215 Å². The number of thiazole rings is 2. The summed E-state index contributed by atoms with van der Waals surface area (Å²) < 4.78 is 0.0681. The third kappa shape index (κ3) is 6.38. The third-order valence-corrected chi connectivity index (χ3v) is 18.9. The molecule has 0 radical (unpaired) electrons. The number of carbonyl (C=O) groups excluding carboxylic acids is 2. The zero-order valence-corrected chi connectivity index (χ0v) is 38.5. The fraction of sp³-hybridized carbons (Fsp3) is 0.0370. The molecule has 2 atom stereocenters. The maximum absolute atomic E-state index is 15.3. The van der Waals surface area contributed by atoms with Gasteiger partial charge in [-0.2, -0.15) is 0 Å². The van der Waals surface area contributed by atoms with Crippen molar-refractivity contribution in [2.45, 2.75) is 9.49 Å². The standard InChI is InChI=1S/C54H32N2O2S6/c57-51-39(45-37-25-13-15-27-43(37)61-47(45)41-31-59-49(55-41)33-17-5-1-6-18-33)29-53(63-51,35-21-9-3-10-22-35)54(36-23-11-4-12-24-36)30-40(52(58)64-54)46-38-26-14-16-28-44(38)62-48(46)42-32-60-50(56-42)34-19-7-2-8-20-34/h1-32H/t53-,54-/m1/s1. The highest BCUT2D eigenvalue weighted by Gasteiger charge is 2.61. The van der Waals surface area contributed by atoms with Crippen LogP contribution in [0.5, 0.6) is 0 Å². The summed E-state index contributed by atoms with van der Waals surface area (Å²) in [6, 6.07) is 57.6. The van der Waals surface area contributed by atoms with Gasteiger partial charge in [0.25, 0.3) is 0 Å². The van der Waals surface area contributed by atoms with Crippen molar-refractivity contribution < 1.29 is 9.59 Å². The van der Waals surface area contributed by atoms with E-state index < -0.39 is 9.49 Å². The highest BCUT2D eigenvalue weighted by atomic mass is 32.2. The van der Waals surface area contributed by atoms with Crippen LogP contribution in [0, 0.1) is 0 Å². The molecule has 0 N–H and O–H groups in total. The van der Waals surface area contributed by atoms with Crippen LogP contribution in [0.1, 0.15) is 22.3 Å². The predicted molar refractivity (Wildman–Crippen MR) is 274 cm³/mol. The molecule has 4 nitrogen and oxygen atoms in total. The highest BCUT2D eigenvalue weighted by Crippen LogP contribution is 2.68. The van der Waals surface area contributed by atoms with Gasteiger partial charge in [0.15, 0.2) is 0 Å². The van der Waals surface area contributed by atoms with Gasteiger partial charge in [-0.3, -0.25) is 9.59 Å².